The summed E-state index contributed by atoms with van der Waals surface area (Å²) < 4.78 is 43.4. The minimum atomic E-state index is -4.29. The van der Waals surface area contributed by atoms with Gasteiger partial charge in [-0.15, -0.1) is 0 Å². The Hall–Kier alpha value is -1.96. The van der Waals surface area contributed by atoms with Crippen molar-refractivity contribution < 1.29 is 27.5 Å². The van der Waals surface area contributed by atoms with Gasteiger partial charge in [-0.05, 0) is 31.4 Å². The van der Waals surface area contributed by atoms with Gasteiger partial charge in [-0.25, -0.2) is 0 Å². The molecule has 25 heavy (non-hydrogen) atoms. The topological polar surface area (TPSA) is 67.4 Å². The van der Waals surface area contributed by atoms with E-state index in [0.717, 1.165) is 0 Å². The Bertz CT molecular complexity index is 652. The van der Waals surface area contributed by atoms with E-state index < -0.39 is 30.0 Å². The first-order chi connectivity index (χ1) is 11.7. The van der Waals surface area contributed by atoms with Gasteiger partial charge in [0.15, 0.2) is 0 Å². The van der Waals surface area contributed by atoms with Crippen LogP contribution in [0.3, 0.4) is 0 Å². The number of alkyl halides is 3. The third-order valence-electron chi connectivity index (χ3n) is 4.10. The second-order valence-corrected chi connectivity index (χ2v) is 6.28. The van der Waals surface area contributed by atoms with Gasteiger partial charge in [-0.3, -0.25) is 9.59 Å². The Balaban J connectivity index is 1.95. The van der Waals surface area contributed by atoms with Crippen LogP contribution in [-0.4, -0.2) is 31.1 Å². The number of ether oxygens (including phenoxy) is 1. The van der Waals surface area contributed by atoms with E-state index in [1.807, 2.05) is 0 Å². The van der Waals surface area contributed by atoms with E-state index in [0.29, 0.717) is 18.6 Å². The fourth-order valence-corrected chi connectivity index (χ4v) is 2.94. The van der Waals surface area contributed by atoms with Crippen LogP contribution in [0.15, 0.2) is 18.2 Å². The summed E-state index contributed by atoms with van der Waals surface area (Å²) in [5.41, 5.74) is 0.179. The van der Waals surface area contributed by atoms with Gasteiger partial charge in [0.1, 0.15) is 5.75 Å². The maximum atomic E-state index is 12.8. The maximum Gasteiger partial charge on any atom is 0.391 e. The molecule has 0 aliphatic heterocycles. The molecule has 2 rings (SSSR count). The zero-order valence-corrected chi connectivity index (χ0v) is 14.2. The maximum absolute atomic E-state index is 12.8. The highest BCUT2D eigenvalue weighted by atomic mass is 35.5. The number of methoxy groups -OCH3 is 1. The Labute approximate surface area is 147 Å². The molecule has 0 heterocycles. The van der Waals surface area contributed by atoms with Crippen molar-refractivity contribution in [3.05, 3.63) is 23.2 Å². The molecule has 1 aliphatic carbocycles. The first-order valence-corrected chi connectivity index (χ1v) is 8.10. The van der Waals surface area contributed by atoms with Gasteiger partial charge >= 0.3 is 18.0 Å². The third kappa shape index (κ3) is 5.26. The van der Waals surface area contributed by atoms with E-state index in [9.17, 15) is 22.8 Å². The smallest absolute Gasteiger partial charge is 0.391 e. The second kappa shape index (κ2) is 7.95. The van der Waals surface area contributed by atoms with E-state index in [4.69, 9.17) is 16.3 Å². The molecule has 0 bridgehead atoms. The average Bonchev–Trinajstić information content (AvgIpc) is 2.56. The summed E-state index contributed by atoms with van der Waals surface area (Å²) in [5, 5.41) is 4.90. The molecule has 0 spiro atoms. The number of benzene rings is 1. The SMILES string of the molecule is COc1ccc(Cl)c(NC(=O)C(=O)NC2CCCC(C(F)(F)F)C2)c1. The largest absolute Gasteiger partial charge is 0.497 e. The van der Waals surface area contributed by atoms with E-state index in [1.54, 1.807) is 6.07 Å². The molecule has 138 valence electrons. The molecule has 1 aliphatic rings. The molecule has 2 unspecified atom stereocenters. The molecular formula is C16H18ClF3N2O3. The number of carbonyl (C=O) groups is 2. The van der Waals surface area contributed by atoms with E-state index in [-0.39, 0.29) is 23.6 Å². The van der Waals surface area contributed by atoms with Crippen LogP contribution in [0.5, 0.6) is 5.75 Å². The molecule has 0 saturated heterocycles. The van der Waals surface area contributed by atoms with Crippen molar-refractivity contribution in [2.45, 2.75) is 37.9 Å². The number of amides is 2. The summed E-state index contributed by atoms with van der Waals surface area (Å²) in [6, 6.07) is 3.83. The number of nitrogens with one attached hydrogen (secondary N) is 2. The quantitative estimate of drug-likeness (QED) is 0.791. The van der Waals surface area contributed by atoms with Crippen molar-refractivity contribution in [3.63, 3.8) is 0 Å². The predicted octanol–water partition coefficient (Wildman–Crippen LogP) is 3.52. The summed E-state index contributed by atoms with van der Waals surface area (Å²) in [6.45, 7) is 0. The molecule has 9 heteroatoms. The Morgan fingerprint density at radius 3 is 2.60 bits per heavy atom. The summed E-state index contributed by atoms with van der Waals surface area (Å²) in [7, 11) is 1.43. The predicted molar refractivity (Wildman–Crippen MR) is 86.6 cm³/mol. The van der Waals surface area contributed by atoms with Gasteiger partial charge in [0.2, 0.25) is 0 Å². The lowest BCUT2D eigenvalue weighted by atomic mass is 9.85. The Kier molecular flexibility index (Phi) is 6.16. The number of anilines is 1. The number of rotatable bonds is 3. The molecular weight excluding hydrogens is 361 g/mol. The van der Waals surface area contributed by atoms with Crippen LogP contribution in [0.25, 0.3) is 0 Å². The zero-order chi connectivity index (χ0) is 18.6. The Morgan fingerprint density at radius 1 is 1.24 bits per heavy atom. The Morgan fingerprint density at radius 2 is 1.96 bits per heavy atom. The zero-order valence-electron chi connectivity index (χ0n) is 13.5. The molecule has 0 aromatic heterocycles. The highest BCUT2D eigenvalue weighted by Crippen LogP contribution is 2.37. The van der Waals surface area contributed by atoms with Crippen LogP contribution in [0.2, 0.25) is 5.02 Å². The summed E-state index contributed by atoms with van der Waals surface area (Å²) in [5.74, 6) is -3.01. The van der Waals surface area contributed by atoms with E-state index >= 15 is 0 Å². The molecule has 1 aromatic rings. The number of halogens is 4. The lowest BCUT2D eigenvalue weighted by Crippen LogP contribution is -2.45. The van der Waals surface area contributed by atoms with Crippen LogP contribution in [0.4, 0.5) is 18.9 Å². The minimum Gasteiger partial charge on any atom is -0.497 e. The van der Waals surface area contributed by atoms with E-state index in [2.05, 4.69) is 10.6 Å². The third-order valence-corrected chi connectivity index (χ3v) is 4.43. The highest BCUT2D eigenvalue weighted by Gasteiger charge is 2.42. The molecule has 2 atom stereocenters. The van der Waals surface area contributed by atoms with Crippen molar-refractivity contribution in [1.29, 1.82) is 0 Å². The number of hydrogen-bond donors (Lipinski definition) is 2. The van der Waals surface area contributed by atoms with Crippen molar-refractivity contribution >= 4 is 29.1 Å². The van der Waals surface area contributed by atoms with Gasteiger partial charge < -0.3 is 15.4 Å². The first kappa shape index (κ1) is 19.4. The molecule has 2 amide bonds. The lowest BCUT2D eigenvalue weighted by molar-refractivity contribution is -0.184. The number of carbonyl (C=O) groups excluding carboxylic acids is 2. The molecule has 5 nitrogen and oxygen atoms in total. The molecule has 1 aromatic carbocycles. The van der Waals surface area contributed by atoms with Gasteiger partial charge in [-0.2, -0.15) is 13.2 Å². The van der Waals surface area contributed by atoms with Crippen LogP contribution in [-0.2, 0) is 9.59 Å². The van der Waals surface area contributed by atoms with Crippen LogP contribution >= 0.6 is 11.6 Å². The van der Waals surface area contributed by atoms with Crippen molar-refractivity contribution in [3.8, 4) is 5.75 Å². The summed E-state index contributed by atoms with van der Waals surface area (Å²) >= 11 is 5.94. The molecule has 1 saturated carbocycles. The van der Waals surface area contributed by atoms with E-state index in [1.165, 1.54) is 19.2 Å². The van der Waals surface area contributed by atoms with Crippen LogP contribution in [0, 0.1) is 5.92 Å². The summed E-state index contributed by atoms with van der Waals surface area (Å²) in [6.07, 6.45) is -3.71. The lowest BCUT2D eigenvalue weighted by Gasteiger charge is -2.30. The monoisotopic (exact) mass is 378 g/mol. The minimum absolute atomic E-state index is 0.0431. The highest BCUT2D eigenvalue weighted by molar-refractivity contribution is 6.41. The second-order valence-electron chi connectivity index (χ2n) is 5.88. The average molecular weight is 379 g/mol. The van der Waals surface area contributed by atoms with Gasteiger partial charge in [-0.1, -0.05) is 18.0 Å². The first-order valence-electron chi connectivity index (χ1n) is 7.72. The van der Waals surface area contributed by atoms with Crippen LogP contribution in [0.1, 0.15) is 25.7 Å². The van der Waals surface area contributed by atoms with Gasteiger partial charge in [0.25, 0.3) is 0 Å². The van der Waals surface area contributed by atoms with Crippen molar-refractivity contribution in [1.82, 2.24) is 5.32 Å². The van der Waals surface area contributed by atoms with Crippen LogP contribution < -0.4 is 15.4 Å². The fourth-order valence-electron chi connectivity index (χ4n) is 2.78. The van der Waals surface area contributed by atoms with Gasteiger partial charge in [0, 0.05) is 12.1 Å². The summed E-state index contributed by atoms with van der Waals surface area (Å²) in [4.78, 5) is 23.9. The molecule has 0 radical (unpaired) electrons. The van der Waals surface area contributed by atoms with Crippen molar-refractivity contribution in [2.75, 3.05) is 12.4 Å². The molecule has 1 fully saturated rings. The van der Waals surface area contributed by atoms with Crippen molar-refractivity contribution in [2.24, 2.45) is 5.92 Å². The normalized spacial score (nSPS) is 20.7. The molecule has 2 N–H and O–H groups in total. The van der Waals surface area contributed by atoms with Gasteiger partial charge in [0.05, 0.1) is 23.7 Å². The number of hydrogen-bond acceptors (Lipinski definition) is 3. The standard InChI is InChI=1S/C16H18ClF3N2O3/c1-25-11-5-6-12(17)13(8-11)22-15(24)14(23)21-10-4-2-3-9(7-10)16(18,19)20/h5-6,8-10H,2-4,7H2,1H3,(H,21,23)(H,22,24). The fraction of sp³-hybridized carbons (Fsp3) is 0.500.